The Morgan fingerprint density at radius 2 is 2.11 bits per heavy atom. The van der Waals surface area contributed by atoms with Gasteiger partial charge in [0.15, 0.2) is 0 Å². The van der Waals surface area contributed by atoms with Gasteiger partial charge in [0.05, 0.1) is 27.2 Å². The molecule has 3 rings (SSSR count). The van der Waals surface area contributed by atoms with Gasteiger partial charge in [0, 0.05) is 5.56 Å². The minimum absolute atomic E-state index is 0.239. The van der Waals surface area contributed by atoms with Crippen molar-refractivity contribution in [3.63, 3.8) is 0 Å². The zero-order valence-corrected chi connectivity index (χ0v) is 16.5. The largest absolute Gasteiger partial charge is 0.488 e. The van der Waals surface area contributed by atoms with Crippen molar-refractivity contribution in [2.45, 2.75) is 6.61 Å². The van der Waals surface area contributed by atoms with E-state index in [1.54, 1.807) is 18.3 Å². The van der Waals surface area contributed by atoms with Crippen molar-refractivity contribution in [2.75, 3.05) is 0 Å². The van der Waals surface area contributed by atoms with Gasteiger partial charge >= 0.3 is 0 Å². The monoisotopic (exact) mass is 439 g/mol. The Kier molecular flexibility index (Phi) is 6.36. The summed E-state index contributed by atoms with van der Waals surface area (Å²) in [4.78, 5) is 12.4. The Hall–Kier alpha value is -2.95. The van der Waals surface area contributed by atoms with Crippen LogP contribution in [0.25, 0.3) is 0 Å². The first-order valence-corrected chi connectivity index (χ1v) is 9.62. The molecular weight excluding hydrogens is 426 g/mol. The van der Waals surface area contributed by atoms with Crippen LogP contribution in [0.4, 0.5) is 0 Å². The number of hydrazone groups is 1. The van der Waals surface area contributed by atoms with Crippen LogP contribution in [0.2, 0.25) is 0 Å². The van der Waals surface area contributed by atoms with Crippen LogP contribution in [-0.2, 0) is 6.61 Å². The maximum atomic E-state index is 11.8. The molecule has 0 spiro atoms. The van der Waals surface area contributed by atoms with E-state index in [9.17, 15) is 4.79 Å². The van der Waals surface area contributed by atoms with Crippen molar-refractivity contribution in [3.05, 3.63) is 86.0 Å². The molecule has 3 aromatic rings. The van der Waals surface area contributed by atoms with Gasteiger partial charge in [-0.3, -0.25) is 4.79 Å². The molecule has 1 aromatic heterocycles. The molecule has 0 aliphatic carbocycles. The van der Waals surface area contributed by atoms with Crippen LogP contribution in [-0.4, -0.2) is 12.1 Å². The van der Waals surface area contributed by atoms with E-state index in [2.05, 4.69) is 32.5 Å². The summed E-state index contributed by atoms with van der Waals surface area (Å²) >= 11 is 4.83. The first-order chi connectivity index (χ1) is 13.2. The Bertz CT molecular complexity index is 1010. The van der Waals surface area contributed by atoms with E-state index in [-0.39, 0.29) is 5.91 Å². The standard InChI is InChI=1S/C20H14BrN3O2S/c21-17-10-14(12-23-24-20(25)19-6-3-9-27-19)7-8-18(17)26-13-16-5-2-1-4-15(16)11-22/h1-10,12H,13H2,(H,24,25). The highest BCUT2D eigenvalue weighted by Gasteiger charge is 2.06. The number of nitrogens with zero attached hydrogens (tertiary/aromatic N) is 2. The summed E-state index contributed by atoms with van der Waals surface area (Å²) < 4.78 is 6.56. The lowest BCUT2D eigenvalue weighted by atomic mass is 10.1. The summed E-state index contributed by atoms with van der Waals surface area (Å²) in [6, 6.07) is 18.5. The van der Waals surface area contributed by atoms with Crippen molar-refractivity contribution in [2.24, 2.45) is 5.10 Å². The zero-order chi connectivity index (χ0) is 19.1. The van der Waals surface area contributed by atoms with E-state index >= 15 is 0 Å². The average molecular weight is 440 g/mol. The Labute approximate surface area is 169 Å². The highest BCUT2D eigenvalue weighted by atomic mass is 79.9. The third-order valence-electron chi connectivity index (χ3n) is 3.60. The summed E-state index contributed by atoms with van der Waals surface area (Å²) in [6.07, 6.45) is 1.56. The van der Waals surface area contributed by atoms with Gasteiger partial charge in [0.25, 0.3) is 5.91 Å². The molecule has 0 saturated heterocycles. The second-order valence-corrected chi connectivity index (χ2v) is 7.23. The quantitative estimate of drug-likeness (QED) is 0.445. The fourth-order valence-electron chi connectivity index (χ4n) is 2.25. The molecule has 0 aliphatic rings. The Morgan fingerprint density at radius 3 is 2.85 bits per heavy atom. The Balaban J connectivity index is 1.61. The minimum Gasteiger partial charge on any atom is -0.488 e. The molecule has 0 bridgehead atoms. The molecule has 0 fully saturated rings. The van der Waals surface area contributed by atoms with Gasteiger partial charge in [-0.1, -0.05) is 24.3 Å². The molecule has 0 atom stereocenters. The van der Waals surface area contributed by atoms with Gasteiger partial charge in [-0.15, -0.1) is 11.3 Å². The molecular formula is C20H14BrN3O2S. The molecule has 0 radical (unpaired) electrons. The number of carbonyl (C=O) groups is 1. The van der Waals surface area contributed by atoms with Gasteiger partial charge in [0.1, 0.15) is 12.4 Å². The molecule has 134 valence electrons. The number of rotatable bonds is 6. The molecule has 0 aliphatic heterocycles. The molecule has 1 amide bonds. The number of thiophene rings is 1. The van der Waals surface area contributed by atoms with Crippen molar-refractivity contribution < 1.29 is 9.53 Å². The van der Waals surface area contributed by atoms with Crippen LogP contribution in [0.5, 0.6) is 5.75 Å². The third kappa shape index (κ3) is 5.03. The predicted octanol–water partition coefficient (Wildman–Crippen LogP) is 4.73. The van der Waals surface area contributed by atoms with Crippen molar-refractivity contribution >= 4 is 39.4 Å². The SMILES string of the molecule is N#Cc1ccccc1COc1ccc(C=NNC(=O)c2cccs2)cc1Br. The fourth-order valence-corrected chi connectivity index (χ4v) is 3.38. The van der Waals surface area contributed by atoms with Crippen LogP contribution in [0.15, 0.2) is 69.6 Å². The molecule has 27 heavy (non-hydrogen) atoms. The zero-order valence-electron chi connectivity index (χ0n) is 14.1. The van der Waals surface area contributed by atoms with Crippen molar-refractivity contribution in [1.82, 2.24) is 5.43 Å². The van der Waals surface area contributed by atoms with Gasteiger partial charge in [-0.2, -0.15) is 10.4 Å². The van der Waals surface area contributed by atoms with Crippen LogP contribution >= 0.6 is 27.3 Å². The minimum atomic E-state index is -0.239. The molecule has 0 saturated carbocycles. The average Bonchev–Trinajstić information content (AvgIpc) is 3.22. The number of hydrogen-bond donors (Lipinski definition) is 1. The summed E-state index contributed by atoms with van der Waals surface area (Å²) in [7, 11) is 0. The Morgan fingerprint density at radius 1 is 1.26 bits per heavy atom. The van der Waals surface area contributed by atoms with Crippen LogP contribution in [0.3, 0.4) is 0 Å². The van der Waals surface area contributed by atoms with Crippen LogP contribution < -0.4 is 10.2 Å². The first kappa shape index (κ1) is 18.8. The molecule has 5 nitrogen and oxygen atoms in total. The number of carbonyl (C=O) groups excluding carboxylic acids is 1. The lowest BCUT2D eigenvalue weighted by Gasteiger charge is -2.09. The topological polar surface area (TPSA) is 74.5 Å². The second-order valence-electron chi connectivity index (χ2n) is 5.42. The second kappa shape index (κ2) is 9.12. The summed E-state index contributed by atoms with van der Waals surface area (Å²) in [5.41, 5.74) is 4.72. The van der Waals surface area contributed by atoms with Crippen LogP contribution in [0, 0.1) is 11.3 Å². The molecule has 0 unspecified atom stereocenters. The third-order valence-corrected chi connectivity index (χ3v) is 5.09. The maximum absolute atomic E-state index is 11.8. The van der Waals surface area contributed by atoms with E-state index in [1.165, 1.54) is 11.3 Å². The number of nitrogens with one attached hydrogen (secondary N) is 1. The van der Waals surface area contributed by atoms with E-state index < -0.39 is 0 Å². The number of halogens is 1. The lowest BCUT2D eigenvalue weighted by molar-refractivity contribution is 0.0959. The van der Waals surface area contributed by atoms with Gasteiger partial charge in [-0.05, 0) is 57.2 Å². The number of nitriles is 1. The molecule has 1 N–H and O–H groups in total. The number of amides is 1. The van der Waals surface area contributed by atoms with Gasteiger partial charge < -0.3 is 4.74 Å². The molecule has 7 heteroatoms. The van der Waals surface area contributed by atoms with Crippen LogP contribution in [0.1, 0.15) is 26.4 Å². The lowest BCUT2D eigenvalue weighted by Crippen LogP contribution is -2.16. The number of hydrogen-bond acceptors (Lipinski definition) is 5. The van der Waals surface area contributed by atoms with Gasteiger partial charge in [-0.25, -0.2) is 5.43 Å². The summed E-state index contributed by atoms with van der Waals surface area (Å²) in [5.74, 6) is 0.416. The normalized spacial score (nSPS) is 10.5. The highest BCUT2D eigenvalue weighted by molar-refractivity contribution is 9.10. The van der Waals surface area contributed by atoms with E-state index in [1.807, 2.05) is 47.8 Å². The molecule has 1 heterocycles. The van der Waals surface area contributed by atoms with Crippen molar-refractivity contribution in [1.29, 1.82) is 5.26 Å². The maximum Gasteiger partial charge on any atom is 0.281 e. The summed E-state index contributed by atoms with van der Waals surface area (Å²) in [5, 5.41) is 14.9. The fraction of sp³-hybridized carbons (Fsp3) is 0.0500. The molecule has 2 aromatic carbocycles. The highest BCUT2D eigenvalue weighted by Crippen LogP contribution is 2.26. The summed E-state index contributed by atoms with van der Waals surface area (Å²) in [6.45, 7) is 0.298. The smallest absolute Gasteiger partial charge is 0.281 e. The van der Waals surface area contributed by atoms with E-state index in [0.717, 1.165) is 15.6 Å². The van der Waals surface area contributed by atoms with E-state index in [4.69, 9.17) is 10.00 Å². The van der Waals surface area contributed by atoms with E-state index in [0.29, 0.717) is 22.8 Å². The first-order valence-electron chi connectivity index (χ1n) is 7.94. The van der Waals surface area contributed by atoms with Gasteiger partial charge in [0.2, 0.25) is 0 Å². The number of ether oxygens (including phenoxy) is 1. The predicted molar refractivity (Wildman–Crippen MR) is 109 cm³/mol. The number of benzene rings is 2. The van der Waals surface area contributed by atoms with Crippen molar-refractivity contribution in [3.8, 4) is 11.8 Å².